The number of nitrogens with zero attached hydrogens (tertiary/aromatic N) is 2. The summed E-state index contributed by atoms with van der Waals surface area (Å²) >= 11 is 0. The summed E-state index contributed by atoms with van der Waals surface area (Å²) in [7, 11) is 1.62. The molecule has 3 rings (SSSR count). The summed E-state index contributed by atoms with van der Waals surface area (Å²) < 4.78 is 0. The van der Waals surface area contributed by atoms with Crippen molar-refractivity contribution in [2.24, 2.45) is 5.41 Å². The lowest BCUT2D eigenvalue weighted by Gasteiger charge is -2.49. The number of piperidine rings is 1. The fourth-order valence-corrected chi connectivity index (χ4v) is 5.57. The van der Waals surface area contributed by atoms with Crippen LogP contribution in [0.15, 0.2) is 24.3 Å². The minimum absolute atomic E-state index is 0. The molecule has 1 aliphatic carbocycles. The summed E-state index contributed by atoms with van der Waals surface area (Å²) in [5.74, 6) is 0.0134. The smallest absolute Gasteiger partial charge is 0.223 e. The molecule has 1 aromatic carbocycles. The summed E-state index contributed by atoms with van der Waals surface area (Å²) in [5.41, 5.74) is 3.42. The van der Waals surface area contributed by atoms with E-state index in [1.165, 1.54) is 36.9 Å². The van der Waals surface area contributed by atoms with Gasteiger partial charge >= 0.3 is 0 Å². The lowest BCUT2D eigenvalue weighted by atomic mass is 9.63. The fraction of sp³-hybridized carbons (Fsp3) is 0.704. The van der Waals surface area contributed by atoms with Crippen molar-refractivity contribution in [3.05, 3.63) is 35.4 Å². The molecule has 1 heterocycles. The summed E-state index contributed by atoms with van der Waals surface area (Å²) in [6.45, 7) is 13.2. The number of amides is 2. The largest absolute Gasteiger partial charge is 0.359 e. The number of likely N-dealkylation sites (tertiary alicyclic amines) is 1. The molecule has 0 unspecified atom stereocenters. The molecule has 2 aliphatic rings. The first-order valence-corrected chi connectivity index (χ1v) is 12.5. The van der Waals surface area contributed by atoms with Crippen LogP contribution in [0.1, 0.15) is 91.2 Å². The highest BCUT2D eigenvalue weighted by molar-refractivity contribution is 5.84. The number of rotatable bonds is 7. The van der Waals surface area contributed by atoms with Crippen molar-refractivity contribution in [2.75, 3.05) is 33.2 Å². The third-order valence-electron chi connectivity index (χ3n) is 7.66. The van der Waals surface area contributed by atoms with Crippen molar-refractivity contribution in [3.63, 3.8) is 0 Å². The van der Waals surface area contributed by atoms with Gasteiger partial charge in [-0.25, -0.2) is 0 Å². The minimum Gasteiger partial charge on any atom is -0.359 e. The zero-order chi connectivity index (χ0) is 23.4. The van der Waals surface area contributed by atoms with Gasteiger partial charge in [0.1, 0.15) is 0 Å². The van der Waals surface area contributed by atoms with E-state index in [1.807, 2.05) is 4.90 Å². The second-order valence-electron chi connectivity index (χ2n) is 10.9. The monoisotopic (exact) mass is 443 g/mol. The Morgan fingerprint density at radius 3 is 2.47 bits per heavy atom. The van der Waals surface area contributed by atoms with Crippen LogP contribution in [-0.4, -0.2) is 54.8 Å². The predicted molar refractivity (Wildman–Crippen MR) is 133 cm³/mol. The third-order valence-corrected chi connectivity index (χ3v) is 7.66. The van der Waals surface area contributed by atoms with E-state index in [0.29, 0.717) is 12.0 Å². The molecule has 1 aromatic rings. The van der Waals surface area contributed by atoms with E-state index in [4.69, 9.17) is 0 Å². The number of fused-ring (bicyclic) bond motifs is 2. The summed E-state index contributed by atoms with van der Waals surface area (Å²) in [5, 5.41) is 2.62. The molecule has 1 saturated heterocycles. The van der Waals surface area contributed by atoms with Gasteiger partial charge in [0.05, 0.1) is 6.04 Å². The van der Waals surface area contributed by atoms with Gasteiger partial charge in [0.2, 0.25) is 11.8 Å². The van der Waals surface area contributed by atoms with Crippen LogP contribution in [0.4, 0.5) is 0 Å². The number of nitrogens with one attached hydrogen (secondary N) is 1. The van der Waals surface area contributed by atoms with Gasteiger partial charge in [-0.2, -0.15) is 0 Å². The van der Waals surface area contributed by atoms with E-state index in [1.54, 1.807) is 7.05 Å². The molecular formula is C27H45N3O2. The van der Waals surface area contributed by atoms with E-state index in [0.717, 1.165) is 25.9 Å². The molecule has 180 valence electrons. The third kappa shape index (κ3) is 5.72. The topological polar surface area (TPSA) is 52.7 Å². The highest BCUT2D eigenvalue weighted by Gasteiger charge is 2.43. The first-order valence-electron chi connectivity index (χ1n) is 12.5. The minimum atomic E-state index is -0.0735. The van der Waals surface area contributed by atoms with Crippen LogP contribution in [0.2, 0.25) is 0 Å². The van der Waals surface area contributed by atoms with Crippen LogP contribution < -0.4 is 5.32 Å². The van der Waals surface area contributed by atoms with E-state index in [-0.39, 0.29) is 37.5 Å². The van der Waals surface area contributed by atoms with Gasteiger partial charge in [-0.05, 0) is 80.6 Å². The van der Waals surface area contributed by atoms with Crippen molar-refractivity contribution in [3.8, 4) is 0 Å². The Kier molecular flexibility index (Phi) is 8.02. The van der Waals surface area contributed by atoms with E-state index in [2.05, 4.69) is 62.2 Å². The van der Waals surface area contributed by atoms with Gasteiger partial charge in [0, 0.05) is 27.9 Å². The number of carbonyl (C=O) groups excluding carboxylic acids is 2. The molecule has 1 N–H and O–H groups in total. The van der Waals surface area contributed by atoms with Crippen LogP contribution in [0.5, 0.6) is 0 Å². The lowest BCUT2D eigenvalue weighted by Crippen LogP contribution is -2.47. The Morgan fingerprint density at radius 2 is 1.84 bits per heavy atom. The van der Waals surface area contributed by atoms with Gasteiger partial charge in [-0.15, -0.1) is 0 Å². The van der Waals surface area contributed by atoms with E-state index in [9.17, 15) is 9.59 Å². The molecule has 1 spiro atoms. The first kappa shape index (κ1) is 24.8. The zero-order valence-electron chi connectivity index (χ0n) is 20.9. The zero-order valence-corrected chi connectivity index (χ0v) is 20.9. The van der Waals surface area contributed by atoms with E-state index < -0.39 is 0 Å². The molecule has 5 nitrogen and oxygen atoms in total. The average molecular weight is 444 g/mol. The van der Waals surface area contributed by atoms with Crippen LogP contribution >= 0.6 is 0 Å². The van der Waals surface area contributed by atoms with Crippen molar-refractivity contribution in [1.82, 2.24) is 15.1 Å². The quantitative estimate of drug-likeness (QED) is 0.651. The van der Waals surface area contributed by atoms with Gasteiger partial charge in [-0.1, -0.05) is 45.0 Å². The predicted octanol–water partition coefficient (Wildman–Crippen LogP) is 4.91. The summed E-state index contributed by atoms with van der Waals surface area (Å²) in [6, 6.07) is 8.96. The highest BCUT2D eigenvalue weighted by Crippen LogP contribution is 2.49. The molecule has 32 heavy (non-hydrogen) atoms. The second kappa shape index (κ2) is 10.4. The molecule has 2 amide bonds. The Balaban J connectivity index is 0.00000385. The Hall–Kier alpha value is -1.88. The molecule has 0 bridgehead atoms. The summed E-state index contributed by atoms with van der Waals surface area (Å²) in [6.07, 6.45) is 6.34. The van der Waals surface area contributed by atoms with Crippen molar-refractivity contribution >= 4 is 11.8 Å². The maximum atomic E-state index is 13.0. The number of hydrogen-bond donors (Lipinski definition) is 1. The maximum absolute atomic E-state index is 13.0. The van der Waals surface area contributed by atoms with Crippen molar-refractivity contribution < 1.29 is 11.0 Å². The van der Waals surface area contributed by atoms with Gasteiger partial charge in [0.15, 0.2) is 0 Å². The molecule has 0 radical (unpaired) electrons. The number of carbonyl (C=O) groups is 2. The Morgan fingerprint density at radius 1 is 1.16 bits per heavy atom. The van der Waals surface area contributed by atoms with Gasteiger partial charge in [-0.3, -0.25) is 9.59 Å². The molecule has 5 heteroatoms. The number of hydrogen-bond acceptors (Lipinski definition) is 3. The average Bonchev–Trinajstić information content (AvgIpc) is 2.78. The Labute approximate surface area is 196 Å². The molecule has 0 aromatic heterocycles. The van der Waals surface area contributed by atoms with Crippen LogP contribution in [-0.2, 0) is 15.0 Å². The molecule has 1 aliphatic heterocycles. The number of benzene rings is 1. The summed E-state index contributed by atoms with van der Waals surface area (Å²) in [4.78, 5) is 29.3. The standard InChI is InChI=1S/C27H43N3O2.H2/c1-6-30(25(32)12-11-24(31)28-5)23-13-14-27(22-10-8-7-9-21(22)23)16-19-29(20-17-27)18-15-26(2,3)4;/h7-10,23H,6,11-20H2,1-5H3,(H,28,31);1H/t23-;/m0./s1. The van der Waals surface area contributed by atoms with Crippen LogP contribution in [0.25, 0.3) is 0 Å². The molecular weight excluding hydrogens is 398 g/mol. The maximum Gasteiger partial charge on any atom is 0.223 e. The van der Waals surface area contributed by atoms with Crippen molar-refractivity contribution in [1.29, 1.82) is 0 Å². The Bertz CT molecular complexity index is 797. The second-order valence-corrected chi connectivity index (χ2v) is 10.9. The highest BCUT2D eigenvalue weighted by atomic mass is 16.2. The normalized spacial score (nSPS) is 20.6. The van der Waals surface area contributed by atoms with Crippen molar-refractivity contribution in [2.45, 2.75) is 84.1 Å². The molecule has 0 saturated carbocycles. The lowest BCUT2D eigenvalue weighted by molar-refractivity contribution is -0.136. The first-order chi connectivity index (χ1) is 15.2. The molecule has 1 atom stereocenters. The van der Waals surface area contributed by atoms with Gasteiger partial charge in [0.25, 0.3) is 0 Å². The SMILES string of the molecule is CCN(C(=O)CCC(=O)NC)[C@H]1CCC2(CCN(CCC(C)(C)C)CC2)c2ccccc21.[HH]. The van der Waals surface area contributed by atoms with E-state index >= 15 is 0 Å². The van der Waals surface area contributed by atoms with Crippen LogP contribution in [0, 0.1) is 5.41 Å². The molecule has 1 fully saturated rings. The fourth-order valence-electron chi connectivity index (χ4n) is 5.57. The van der Waals surface area contributed by atoms with Gasteiger partial charge < -0.3 is 15.1 Å². The van der Waals surface area contributed by atoms with Crippen LogP contribution in [0.3, 0.4) is 0 Å².